The van der Waals surface area contributed by atoms with Crippen molar-refractivity contribution in [1.82, 2.24) is 19.8 Å². The van der Waals surface area contributed by atoms with Crippen LogP contribution in [0.15, 0.2) is 71.5 Å². The molecular formula is C31H37BrN6O4. The molecule has 11 heteroatoms. The quantitative estimate of drug-likeness (QED) is 0.114. The Hall–Kier alpha value is -3.80. The Morgan fingerprint density at radius 1 is 1.07 bits per heavy atom. The van der Waals surface area contributed by atoms with E-state index in [-0.39, 0.29) is 11.9 Å². The maximum atomic E-state index is 12.7. The van der Waals surface area contributed by atoms with E-state index in [0.29, 0.717) is 42.5 Å². The molecule has 222 valence electrons. The first-order chi connectivity index (χ1) is 20.4. The monoisotopic (exact) mass is 636 g/mol. The lowest BCUT2D eigenvalue weighted by Crippen LogP contribution is -2.48. The lowest BCUT2D eigenvalue weighted by atomic mass is 10.1. The smallest absolute Gasteiger partial charge is 0.320 e. The number of hydrogen-bond acceptors (Lipinski definition) is 9. The molecule has 1 fully saturated rings. The fraction of sp³-hybridized carbons (Fsp3) is 0.355. The number of carbonyl (C=O) groups is 2. The largest absolute Gasteiger partial charge is 0.491 e. The van der Waals surface area contributed by atoms with Gasteiger partial charge in [-0.05, 0) is 44.5 Å². The predicted molar refractivity (Wildman–Crippen MR) is 169 cm³/mol. The first kappa shape index (κ1) is 31.1. The highest BCUT2D eigenvalue weighted by Crippen LogP contribution is 2.34. The molecule has 2 heterocycles. The summed E-state index contributed by atoms with van der Waals surface area (Å²) >= 11 is 3.50. The van der Waals surface area contributed by atoms with E-state index in [2.05, 4.69) is 46.3 Å². The third-order valence-electron chi connectivity index (χ3n) is 6.63. The highest BCUT2D eigenvalue weighted by atomic mass is 79.9. The fourth-order valence-electron chi connectivity index (χ4n) is 4.56. The second-order valence-corrected chi connectivity index (χ2v) is 10.6. The van der Waals surface area contributed by atoms with Gasteiger partial charge >= 0.3 is 5.97 Å². The maximum absolute atomic E-state index is 12.7. The molecule has 42 heavy (non-hydrogen) atoms. The number of fused-ring (bicyclic) bond motifs is 1. The highest BCUT2D eigenvalue weighted by Gasteiger charge is 2.19. The standard InChI is InChI=1S/C31H37BrN6O4/c1-3-5-6-11-29(39)36-27-19-25-26(33-22-34-31(25)35-24-10-7-9-23(32)18-24)20-28(27)42-17-8-12-37-13-15-38(16-14-37)21-30(40)41-4-2/h3,5-7,9-11,18-20,22H,4,8,12-17,21H2,1-2H3,(H,36,39)(H,33,34,35)/b5-3+,11-6+. The van der Waals surface area contributed by atoms with E-state index in [1.807, 2.05) is 56.3 Å². The Morgan fingerprint density at radius 2 is 1.88 bits per heavy atom. The van der Waals surface area contributed by atoms with Crippen LogP contribution < -0.4 is 15.4 Å². The van der Waals surface area contributed by atoms with Gasteiger partial charge in [0.15, 0.2) is 0 Å². The lowest BCUT2D eigenvalue weighted by Gasteiger charge is -2.34. The molecule has 2 N–H and O–H groups in total. The molecule has 0 radical (unpaired) electrons. The van der Waals surface area contributed by atoms with Crippen LogP contribution >= 0.6 is 15.9 Å². The first-order valence-electron chi connectivity index (χ1n) is 14.1. The zero-order valence-electron chi connectivity index (χ0n) is 24.0. The number of amides is 1. The van der Waals surface area contributed by atoms with Crippen molar-refractivity contribution in [2.45, 2.75) is 20.3 Å². The van der Waals surface area contributed by atoms with Crippen molar-refractivity contribution >= 4 is 55.9 Å². The summed E-state index contributed by atoms with van der Waals surface area (Å²) in [6, 6.07) is 11.5. The molecule has 1 aliphatic rings. The van der Waals surface area contributed by atoms with Gasteiger partial charge in [-0.3, -0.25) is 14.5 Å². The molecule has 2 aromatic carbocycles. The van der Waals surface area contributed by atoms with Crippen LogP contribution in [0.2, 0.25) is 0 Å². The average Bonchev–Trinajstić information content (AvgIpc) is 2.97. The van der Waals surface area contributed by atoms with Crippen molar-refractivity contribution < 1.29 is 19.1 Å². The molecule has 0 unspecified atom stereocenters. The van der Waals surface area contributed by atoms with Crippen LogP contribution in [-0.4, -0.2) is 84.1 Å². The Bertz CT molecular complexity index is 1420. The summed E-state index contributed by atoms with van der Waals surface area (Å²) in [5.41, 5.74) is 2.10. The van der Waals surface area contributed by atoms with Crippen molar-refractivity contribution in [3.8, 4) is 5.75 Å². The minimum atomic E-state index is -0.267. The van der Waals surface area contributed by atoms with Gasteiger partial charge in [0.05, 0.1) is 31.0 Å². The number of allylic oxidation sites excluding steroid dienone is 3. The Morgan fingerprint density at radius 3 is 2.64 bits per heavy atom. The summed E-state index contributed by atoms with van der Waals surface area (Å²) in [5.74, 6) is 0.723. The Labute approximate surface area is 254 Å². The number of halogens is 1. The highest BCUT2D eigenvalue weighted by molar-refractivity contribution is 9.10. The van der Waals surface area contributed by atoms with E-state index < -0.39 is 0 Å². The van der Waals surface area contributed by atoms with Crippen LogP contribution in [0, 0.1) is 0 Å². The third kappa shape index (κ3) is 9.37. The normalized spacial score (nSPS) is 14.5. The minimum Gasteiger partial charge on any atom is -0.491 e. The molecule has 3 aromatic rings. The molecule has 0 saturated carbocycles. The lowest BCUT2D eigenvalue weighted by molar-refractivity contribution is -0.144. The number of aromatic nitrogens is 2. The van der Waals surface area contributed by atoms with Gasteiger partial charge in [0.2, 0.25) is 5.91 Å². The zero-order valence-corrected chi connectivity index (χ0v) is 25.6. The molecule has 1 aromatic heterocycles. The molecule has 1 saturated heterocycles. The molecule has 0 aliphatic carbocycles. The van der Waals surface area contributed by atoms with Gasteiger partial charge in [0, 0.05) is 60.4 Å². The Kier molecular flexibility index (Phi) is 11.9. The van der Waals surface area contributed by atoms with Gasteiger partial charge in [0.25, 0.3) is 0 Å². The van der Waals surface area contributed by atoms with E-state index in [1.54, 1.807) is 12.2 Å². The second-order valence-electron chi connectivity index (χ2n) is 9.72. The number of nitrogens with zero attached hydrogens (tertiary/aromatic N) is 4. The molecule has 0 spiro atoms. The molecule has 4 rings (SSSR count). The van der Waals surface area contributed by atoms with E-state index in [0.717, 1.165) is 54.7 Å². The summed E-state index contributed by atoms with van der Waals surface area (Å²) in [6.07, 6.45) is 9.12. The van der Waals surface area contributed by atoms with Gasteiger partial charge in [-0.2, -0.15) is 0 Å². The number of ether oxygens (including phenoxy) is 2. The van der Waals surface area contributed by atoms with Crippen LogP contribution in [0.5, 0.6) is 5.75 Å². The van der Waals surface area contributed by atoms with Gasteiger partial charge in [-0.1, -0.05) is 40.2 Å². The molecule has 0 atom stereocenters. The van der Waals surface area contributed by atoms with Gasteiger partial charge in [0.1, 0.15) is 17.9 Å². The number of hydrogen-bond donors (Lipinski definition) is 2. The number of carbonyl (C=O) groups excluding carboxylic acids is 2. The summed E-state index contributed by atoms with van der Waals surface area (Å²) in [5, 5.41) is 7.05. The van der Waals surface area contributed by atoms with E-state index in [1.165, 1.54) is 12.4 Å². The van der Waals surface area contributed by atoms with E-state index in [4.69, 9.17) is 9.47 Å². The molecule has 1 aliphatic heterocycles. The topological polar surface area (TPSA) is 109 Å². The van der Waals surface area contributed by atoms with Crippen molar-refractivity contribution in [3.63, 3.8) is 0 Å². The third-order valence-corrected chi connectivity index (χ3v) is 7.13. The van der Waals surface area contributed by atoms with Gasteiger partial charge in [-0.15, -0.1) is 0 Å². The van der Waals surface area contributed by atoms with Crippen LogP contribution in [0.1, 0.15) is 20.3 Å². The van der Waals surface area contributed by atoms with Crippen LogP contribution in [0.3, 0.4) is 0 Å². The van der Waals surface area contributed by atoms with Crippen LogP contribution in [0.4, 0.5) is 17.2 Å². The number of benzene rings is 2. The van der Waals surface area contributed by atoms with Gasteiger partial charge < -0.3 is 25.0 Å². The van der Waals surface area contributed by atoms with Gasteiger partial charge in [-0.25, -0.2) is 9.97 Å². The number of rotatable bonds is 13. The SMILES string of the molecule is C/C=C/C=C/C(=O)Nc1cc2c(Nc3cccc(Br)c3)ncnc2cc1OCCCN1CCN(CC(=O)OCC)CC1. The van der Waals surface area contributed by atoms with Crippen LogP contribution in [-0.2, 0) is 14.3 Å². The summed E-state index contributed by atoms with van der Waals surface area (Å²) < 4.78 is 12.2. The fourth-order valence-corrected chi connectivity index (χ4v) is 4.96. The number of anilines is 3. The van der Waals surface area contributed by atoms with Crippen molar-refractivity contribution in [1.29, 1.82) is 0 Å². The number of esters is 1. The Balaban J connectivity index is 1.43. The molecule has 1 amide bonds. The van der Waals surface area contributed by atoms with Crippen molar-refractivity contribution in [2.75, 3.05) is 63.1 Å². The average molecular weight is 638 g/mol. The molecule has 10 nitrogen and oxygen atoms in total. The minimum absolute atomic E-state index is 0.170. The summed E-state index contributed by atoms with van der Waals surface area (Å²) in [6.45, 7) is 9.25. The summed E-state index contributed by atoms with van der Waals surface area (Å²) in [4.78, 5) is 37.8. The summed E-state index contributed by atoms with van der Waals surface area (Å²) in [7, 11) is 0. The maximum Gasteiger partial charge on any atom is 0.320 e. The zero-order chi connectivity index (χ0) is 29.7. The second kappa shape index (κ2) is 16.0. The van der Waals surface area contributed by atoms with E-state index >= 15 is 0 Å². The number of piperazine rings is 1. The number of nitrogens with one attached hydrogen (secondary N) is 2. The molecule has 0 bridgehead atoms. The van der Waals surface area contributed by atoms with Crippen LogP contribution in [0.25, 0.3) is 10.9 Å². The van der Waals surface area contributed by atoms with E-state index in [9.17, 15) is 9.59 Å². The van der Waals surface area contributed by atoms with Crippen molar-refractivity contribution in [2.24, 2.45) is 0 Å². The van der Waals surface area contributed by atoms with Crippen molar-refractivity contribution in [3.05, 3.63) is 71.5 Å². The predicted octanol–water partition coefficient (Wildman–Crippen LogP) is 5.16. The molecular weight excluding hydrogens is 600 g/mol. The first-order valence-corrected chi connectivity index (χ1v) is 14.9.